The van der Waals surface area contributed by atoms with E-state index in [9.17, 15) is 13.2 Å². The van der Waals surface area contributed by atoms with Crippen molar-refractivity contribution < 1.29 is 13.2 Å². The van der Waals surface area contributed by atoms with Crippen molar-refractivity contribution in [1.29, 1.82) is 0 Å². The summed E-state index contributed by atoms with van der Waals surface area (Å²) in [4.78, 5) is 16.4. The fourth-order valence-corrected chi connectivity index (χ4v) is 3.15. The first kappa shape index (κ1) is 17.1. The van der Waals surface area contributed by atoms with E-state index >= 15 is 0 Å². The fourth-order valence-electron chi connectivity index (χ4n) is 2.00. The molecule has 0 bridgehead atoms. The van der Waals surface area contributed by atoms with Crippen LogP contribution in [-0.2, 0) is 21.4 Å². The van der Waals surface area contributed by atoms with Gasteiger partial charge in [0.25, 0.3) is 0 Å². The number of hydrogen-bond acceptors (Lipinski definition) is 4. The first-order valence-electron chi connectivity index (χ1n) is 7.10. The zero-order valence-electron chi connectivity index (χ0n) is 13.1. The predicted molar refractivity (Wildman–Crippen MR) is 87.1 cm³/mol. The molecule has 1 N–H and O–H groups in total. The molecule has 0 spiro atoms. The van der Waals surface area contributed by atoms with Crippen LogP contribution in [0.1, 0.15) is 11.4 Å². The topological polar surface area (TPSA) is 79.4 Å². The number of likely N-dealkylation sites (N-methyl/N-ethyl adjacent to an activating group) is 1. The zero-order chi connectivity index (χ0) is 16.9. The third-order valence-electron chi connectivity index (χ3n) is 3.23. The number of amides is 1. The van der Waals surface area contributed by atoms with Crippen LogP contribution in [0.25, 0.3) is 0 Å². The van der Waals surface area contributed by atoms with Crippen molar-refractivity contribution >= 4 is 15.9 Å². The number of benzene rings is 1. The summed E-state index contributed by atoms with van der Waals surface area (Å²) in [5, 5.41) is 2.67. The van der Waals surface area contributed by atoms with Crippen LogP contribution >= 0.6 is 0 Å². The molecule has 1 amide bonds. The highest BCUT2D eigenvalue weighted by Gasteiger charge is 2.22. The van der Waals surface area contributed by atoms with Gasteiger partial charge in [-0.05, 0) is 31.2 Å². The van der Waals surface area contributed by atoms with Gasteiger partial charge in [-0.3, -0.25) is 9.78 Å². The number of aromatic nitrogens is 1. The molecule has 2 aromatic rings. The molecule has 122 valence electrons. The number of aryl methyl sites for hydroxylation is 1. The number of carbonyl (C=O) groups excluding carboxylic acids is 1. The van der Waals surface area contributed by atoms with Crippen LogP contribution < -0.4 is 5.32 Å². The molecule has 0 aliphatic heterocycles. The fraction of sp³-hybridized carbons (Fsp3) is 0.250. The summed E-state index contributed by atoms with van der Waals surface area (Å²) < 4.78 is 25.7. The molecule has 0 aliphatic carbocycles. The molecule has 23 heavy (non-hydrogen) atoms. The van der Waals surface area contributed by atoms with Gasteiger partial charge in [-0.1, -0.05) is 24.3 Å². The Morgan fingerprint density at radius 3 is 2.48 bits per heavy atom. The maximum atomic E-state index is 12.3. The third-order valence-corrected chi connectivity index (χ3v) is 5.05. The van der Waals surface area contributed by atoms with Gasteiger partial charge in [-0.15, -0.1) is 0 Å². The zero-order valence-corrected chi connectivity index (χ0v) is 13.9. The molecule has 0 saturated carbocycles. The molecule has 1 aromatic heterocycles. The van der Waals surface area contributed by atoms with Crippen LogP contribution in [0.15, 0.2) is 53.4 Å². The van der Waals surface area contributed by atoms with E-state index in [1.807, 2.05) is 19.1 Å². The minimum Gasteiger partial charge on any atom is -0.349 e. The standard InChI is InChI=1S/C16H19N3O3S/c1-13-7-6-8-14(18-13)11-17-16(20)12-19(2)23(21,22)15-9-4-3-5-10-15/h3-10H,11-12H2,1-2H3,(H,17,20). The van der Waals surface area contributed by atoms with Crippen molar-refractivity contribution in [2.24, 2.45) is 0 Å². The van der Waals surface area contributed by atoms with Crippen LogP contribution in [-0.4, -0.2) is 37.2 Å². The van der Waals surface area contributed by atoms with Crippen LogP contribution in [0.3, 0.4) is 0 Å². The summed E-state index contributed by atoms with van der Waals surface area (Å²) in [6, 6.07) is 13.6. The van der Waals surface area contributed by atoms with Crippen LogP contribution in [0.4, 0.5) is 0 Å². The van der Waals surface area contributed by atoms with Crippen molar-refractivity contribution in [3.63, 3.8) is 0 Å². The molecule has 1 heterocycles. The number of hydrogen-bond donors (Lipinski definition) is 1. The normalized spacial score (nSPS) is 11.4. The quantitative estimate of drug-likeness (QED) is 0.865. The minimum atomic E-state index is -3.67. The molecule has 2 rings (SSSR count). The van der Waals surface area contributed by atoms with Crippen molar-refractivity contribution in [2.45, 2.75) is 18.4 Å². The van der Waals surface area contributed by atoms with E-state index in [-0.39, 0.29) is 23.9 Å². The minimum absolute atomic E-state index is 0.163. The van der Waals surface area contributed by atoms with Crippen molar-refractivity contribution in [3.05, 3.63) is 59.9 Å². The number of carbonyl (C=O) groups is 1. The van der Waals surface area contributed by atoms with Crippen LogP contribution in [0.2, 0.25) is 0 Å². The third kappa shape index (κ3) is 4.61. The van der Waals surface area contributed by atoms with E-state index in [0.717, 1.165) is 15.7 Å². The maximum Gasteiger partial charge on any atom is 0.243 e. The molecule has 0 fully saturated rings. The van der Waals surface area contributed by atoms with Crippen molar-refractivity contribution in [2.75, 3.05) is 13.6 Å². The van der Waals surface area contributed by atoms with Crippen molar-refractivity contribution in [1.82, 2.24) is 14.6 Å². The first-order valence-corrected chi connectivity index (χ1v) is 8.54. The second kappa shape index (κ2) is 7.34. The molecule has 0 radical (unpaired) electrons. The highest BCUT2D eigenvalue weighted by Crippen LogP contribution is 2.12. The number of nitrogens with zero attached hydrogens (tertiary/aromatic N) is 2. The van der Waals surface area contributed by atoms with Gasteiger partial charge in [0.1, 0.15) is 0 Å². The van der Waals surface area contributed by atoms with E-state index in [2.05, 4.69) is 10.3 Å². The Bertz CT molecular complexity index is 776. The summed E-state index contributed by atoms with van der Waals surface area (Å²) in [6.07, 6.45) is 0. The van der Waals surface area contributed by atoms with E-state index in [1.165, 1.54) is 19.2 Å². The first-order chi connectivity index (χ1) is 10.9. The lowest BCUT2D eigenvalue weighted by atomic mass is 10.3. The Kier molecular flexibility index (Phi) is 5.46. The Morgan fingerprint density at radius 1 is 1.13 bits per heavy atom. The smallest absolute Gasteiger partial charge is 0.243 e. The number of rotatable bonds is 6. The summed E-state index contributed by atoms with van der Waals surface area (Å²) in [7, 11) is -2.29. The Balaban J connectivity index is 1.94. The SMILES string of the molecule is Cc1cccc(CNC(=O)CN(C)S(=O)(=O)c2ccccc2)n1. The van der Waals surface area contributed by atoms with E-state index in [1.54, 1.807) is 24.3 Å². The highest BCUT2D eigenvalue weighted by molar-refractivity contribution is 7.89. The van der Waals surface area contributed by atoms with E-state index in [4.69, 9.17) is 0 Å². The molecule has 0 aliphatic rings. The summed E-state index contributed by atoms with van der Waals surface area (Å²) in [5.41, 5.74) is 1.59. The van der Waals surface area contributed by atoms with Gasteiger partial charge in [-0.2, -0.15) is 4.31 Å². The lowest BCUT2D eigenvalue weighted by Crippen LogP contribution is -2.38. The van der Waals surface area contributed by atoms with Crippen LogP contribution in [0.5, 0.6) is 0 Å². The van der Waals surface area contributed by atoms with Gasteiger partial charge in [-0.25, -0.2) is 8.42 Å². The van der Waals surface area contributed by atoms with Gasteiger partial charge in [0.05, 0.1) is 23.7 Å². The van der Waals surface area contributed by atoms with Gasteiger partial charge in [0, 0.05) is 12.7 Å². The summed E-state index contributed by atoms with van der Waals surface area (Å²) >= 11 is 0. The molecular formula is C16H19N3O3S. The maximum absolute atomic E-state index is 12.3. The van der Waals surface area contributed by atoms with Crippen molar-refractivity contribution in [3.8, 4) is 0 Å². The summed E-state index contributed by atoms with van der Waals surface area (Å²) in [5.74, 6) is -0.379. The Morgan fingerprint density at radius 2 is 1.83 bits per heavy atom. The monoisotopic (exact) mass is 333 g/mol. The van der Waals surface area contributed by atoms with Gasteiger partial charge >= 0.3 is 0 Å². The number of nitrogens with one attached hydrogen (secondary N) is 1. The van der Waals surface area contributed by atoms with Gasteiger partial charge in [0.15, 0.2) is 0 Å². The molecule has 0 saturated heterocycles. The second-order valence-electron chi connectivity index (χ2n) is 5.12. The number of sulfonamides is 1. The van der Waals surface area contributed by atoms with Crippen LogP contribution in [0, 0.1) is 6.92 Å². The average molecular weight is 333 g/mol. The van der Waals surface area contributed by atoms with E-state index < -0.39 is 10.0 Å². The van der Waals surface area contributed by atoms with Gasteiger partial charge < -0.3 is 5.32 Å². The Hall–Kier alpha value is -2.25. The number of pyridine rings is 1. The molecule has 0 unspecified atom stereocenters. The molecule has 1 aromatic carbocycles. The molecule has 0 atom stereocenters. The Labute approximate surface area is 136 Å². The predicted octanol–water partition coefficient (Wildman–Crippen LogP) is 1.33. The molecular weight excluding hydrogens is 314 g/mol. The lowest BCUT2D eigenvalue weighted by molar-refractivity contribution is -0.121. The largest absolute Gasteiger partial charge is 0.349 e. The highest BCUT2D eigenvalue weighted by atomic mass is 32.2. The van der Waals surface area contributed by atoms with E-state index in [0.29, 0.717) is 0 Å². The molecule has 7 heteroatoms. The molecule has 6 nitrogen and oxygen atoms in total. The summed E-state index contributed by atoms with van der Waals surface area (Å²) in [6.45, 7) is 1.88. The lowest BCUT2D eigenvalue weighted by Gasteiger charge is -2.16. The average Bonchev–Trinajstić information content (AvgIpc) is 2.54. The second-order valence-corrected chi connectivity index (χ2v) is 7.17. The van der Waals surface area contributed by atoms with Gasteiger partial charge in [0.2, 0.25) is 15.9 Å².